The van der Waals surface area contributed by atoms with Crippen molar-refractivity contribution in [1.29, 1.82) is 0 Å². The van der Waals surface area contributed by atoms with Gasteiger partial charge in [-0.05, 0) is 26.3 Å². The van der Waals surface area contributed by atoms with Gasteiger partial charge < -0.3 is 24.3 Å². The van der Waals surface area contributed by atoms with E-state index in [4.69, 9.17) is 9.47 Å². The van der Waals surface area contributed by atoms with Gasteiger partial charge in [-0.3, -0.25) is 10.1 Å². The normalized spacial score (nSPS) is 13.0. The molecule has 1 N–H and O–H groups in total. The van der Waals surface area contributed by atoms with Gasteiger partial charge in [0.2, 0.25) is 0 Å². The van der Waals surface area contributed by atoms with Crippen molar-refractivity contribution in [3.63, 3.8) is 0 Å². The number of rotatable bonds is 8. The highest BCUT2D eigenvalue weighted by atomic mass is 16.6. The molecule has 0 bridgehead atoms. The van der Waals surface area contributed by atoms with Crippen LogP contribution in [0.2, 0.25) is 0 Å². The molecule has 160 valence electrons. The van der Waals surface area contributed by atoms with Crippen LogP contribution < -0.4 is 5.32 Å². The first-order valence-electron chi connectivity index (χ1n) is 8.48. The highest BCUT2D eigenvalue weighted by molar-refractivity contribution is 5.89. The molecule has 0 spiro atoms. The van der Waals surface area contributed by atoms with Gasteiger partial charge in [-0.1, -0.05) is 12.1 Å². The fourth-order valence-electron chi connectivity index (χ4n) is 2.18. The van der Waals surface area contributed by atoms with Gasteiger partial charge in [0.15, 0.2) is 12.1 Å². The van der Waals surface area contributed by atoms with E-state index in [1.807, 2.05) is 0 Å². The van der Waals surface area contributed by atoms with E-state index in [1.165, 1.54) is 24.3 Å². The van der Waals surface area contributed by atoms with Gasteiger partial charge in [-0.2, -0.15) is 0 Å². The van der Waals surface area contributed by atoms with Crippen LogP contribution in [0.3, 0.4) is 0 Å². The van der Waals surface area contributed by atoms with Crippen LogP contribution in [0.25, 0.3) is 0 Å². The molecule has 0 saturated heterocycles. The van der Waals surface area contributed by atoms with E-state index in [1.54, 1.807) is 20.8 Å². The highest BCUT2D eigenvalue weighted by Gasteiger charge is 2.39. The largest absolute Gasteiger partial charge is 0.467 e. The molecule has 0 aliphatic carbocycles. The van der Waals surface area contributed by atoms with Gasteiger partial charge in [-0.25, -0.2) is 14.4 Å². The number of hydrogen-bond acceptors (Lipinski definition) is 9. The molecule has 0 saturated carbocycles. The number of ether oxygens (including phenoxy) is 4. The number of nitro groups is 1. The monoisotopic (exact) mass is 412 g/mol. The molecule has 0 radical (unpaired) electrons. The number of nitrogens with one attached hydrogen (secondary N) is 1. The lowest BCUT2D eigenvalue weighted by atomic mass is 10.1. The van der Waals surface area contributed by atoms with E-state index in [0.717, 1.165) is 14.2 Å². The summed E-state index contributed by atoms with van der Waals surface area (Å²) in [5.41, 5.74) is -0.652. The summed E-state index contributed by atoms with van der Waals surface area (Å²) in [6.45, 7) is 4.59. The van der Waals surface area contributed by atoms with Gasteiger partial charge in [0.25, 0.3) is 5.69 Å². The lowest BCUT2D eigenvalue weighted by Gasteiger charge is -2.26. The Hall–Kier alpha value is -3.21. The number of carbonyl (C=O) groups excluding carboxylic acids is 3. The zero-order chi connectivity index (χ0) is 22.2. The molecule has 0 aliphatic rings. The molecule has 0 fully saturated rings. The summed E-state index contributed by atoms with van der Waals surface area (Å²) in [5.74, 6) is -1.92. The van der Waals surface area contributed by atoms with E-state index in [9.17, 15) is 24.5 Å². The molecule has 0 unspecified atom stereocenters. The van der Waals surface area contributed by atoms with Crippen molar-refractivity contribution in [2.75, 3.05) is 14.2 Å². The third kappa shape index (κ3) is 7.74. The van der Waals surface area contributed by atoms with E-state index >= 15 is 0 Å². The predicted molar refractivity (Wildman–Crippen MR) is 98.9 cm³/mol. The van der Waals surface area contributed by atoms with Crippen molar-refractivity contribution in [3.8, 4) is 0 Å². The van der Waals surface area contributed by atoms with Gasteiger partial charge in [0.1, 0.15) is 5.60 Å². The van der Waals surface area contributed by atoms with Crippen LogP contribution in [0.4, 0.5) is 10.5 Å². The molecule has 0 aromatic heterocycles. The Morgan fingerprint density at radius 3 is 2.28 bits per heavy atom. The Labute approximate surface area is 167 Å². The standard InChI is InChI=1S/C18H24N2O9/c1-18(2,3)29-17(23)19-13(15(21)26-4)14(16(22)27-5)28-10-11-7-6-8-12(9-11)20(24)25/h6-9,13-14H,10H2,1-5H3,(H,19,23)/t13-,14-/m0/s1. The molecule has 1 rings (SSSR count). The molecule has 0 heterocycles. The second kappa shape index (κ2) is 10.4. The minimum Gasteiger partial charge on any atom is -0.467 e. The number of esters is 2. The Balaban J connectivity index is 3.05. The van der Waals surface area contributed by atoms with Crippen LogP contribution in [0.5, 0.6) is 0 Å². The van der Waals surface area contributed by atoms with Crippen LogP contribution in [0.1, 0.15) is 26.3 Å². The maximum Gasteiger partial charge on any atom is 0.408 e. The second-order valence-corrected chi connectivity index (χ2v) is 6.83. The van der Waals surface area contributed by atoms with Crippen LogP contribution >= 0.6 is 0 Å². The molecule has 0 aliphatic heterocycles. The summed E-state index contributed by atoms with van der Waals surface area (Å²) in [5, 5.41) is 13.1. The van der Waals surface area contributed by atoms with Crippen molar-refractivity contribution >= 4 is 23.7 Å². The first-order valence-corrected chi connectivity index (χ1v) is 8.48. The smallest absolute Gasteiger partial charge is 0.408 e. The number of nitrogens with zero attached hydrogens (tertiary/aromatic N) is 1. The van der Waals surface area contributed by atoms with E-state index < -0.39 is 40.7 Å². The minimum absolute atomic E-state index is 0.169. The molecule has 1 aromatic rings. The lowest BCUT2D eigenvalue weighted by molar-refractivity contribution is -0.385. The van der Waals surface area contributed by atoms with Gasteiger partial charge in [0, 0.05) is 12.1 Å². The third-order valence-corrected chi connectivity index (χ3v) is 3.41. The van der Waals surface area contributed by atoms with Crippen LogP contribution in [-0.2, 0) is 35.1 Å². The molecular formula is C18H24N2O9. The van der Waals surface area contributed by atoms with Crippen LogP contribution in [0, 0.1) is 10.1 Å². The fraction of sp³-hybridized carbons (Fsp3) is 0.500. The van der Waals surface area contributed by atoms with Crippen LogP contribution in [-0.4, -0.2) is 54.9 Å². The predicted octanol–water partition coefficient (Wildman–Crippen LogP) is 1.72. The van der Waals surface area contributed by atoms with Crippen molar-refractivity contribution in [2.45, 2.75) is 45.1 Å². The van der Waals surface area contributed by atoms with Gasteiger partial charge >= 0.3 is 18.0 Å². The average Bonchev–Trinajstić information content (AvgIpc) is 2.64. The molecule has 1 amide bonds. The number of alkyl carbamates (subject to hydrolysis) is 1. The summed E-state index contributed by atoms with van der Waals surface area (Å²) < 4.78 is 19.8. The average molecular weight is 412 g/mol. The topological polar surface area (TPSA) is 143 Å². The van der Waals surface area contributed by atoms with Crippen molar-refractivity contribution in [3.05, 3.63) is 39.9 Å². The summed E-state index contributed by atoms with van der Waals surface area (Å²) in [6, 6.07) is 3.96. The number of nitro benzene ring substituents is 1. The highest BCUT2D eigenvalue weighted by Crippen LogP contribution is 2.16. The molecule has 29 heavy (non-hydrogen) atoms. The number of hydrogen-bond donors (Lipinski definition) is 1. The molecule has 11 heteroatoms. The number of methoxy groups -OCH3 is 2. The fourth-order valence-corrected chi connectivity index (χ4v) is 2.18. The van der Waals surface area contributed by atoms with Crippen LogP contribution in [0.15, 0.2) is 24.3 Å². The van der Waals surface area contributed by atoms with Crippen molar-refractivity contribution < 1.29 is 38.3 Å². The molecule has 11 nitrogen and oxygen atoms in total. The first-order chi connectivity index (χ1) is 13.5. The maximum atomic E-state index is 12.2. The first kappa shape index (κ1) is 23.8. The summed E-state index contributed by atoms with van der Waals surface area (Å²) in [4.78, 5) is 46.7. The maximum absolute atomic E-state index is 12.2. The summed E-state index contributed by atoms with van der Waals surface area (Å²) >= 11 is 0. The quantitative estimate of drug-likeness (QED) is 0.292. The Morgan fingerprint density at radius 1 is 1.14 bits per heavy atom. The SMILES string of the molecule is COC(=O)[C@@H](NC(=O)OC(C)(C)C)[C@H](OCc1cccc([N+](=O)[O-])c1)C(=O)OC. The Kier molecular flexibility index (Phi) is 8.52. The number of amides is 1. The minimum atomic E-state index is -1.58. The van der Waals surface area contributed by atoms with E-state index in [0.29, 0.717) is 5.56 Å². The van der Waals surface area contributed by atoms with Crippen molar-refractivity contribution in [1.82, 2.24) is 5.32 Å². The van der Waals surface area contributed by atoms with E-state index in [2.05, 4.69) is 14.8 Å². The zero-order valence-corrected chi connectivity index (χ0v) is 16.8. The molecule has 2 atom stereocenters. The van der Waals surface area contributed by atoms with Gasteiger partial charge in [0.05, 0.1) is 25.7 Å². The zero-order valence-electron chi connectivity index (χ0n) is 16.8. The summed E-state index contributed by atoms with van der Waals surface area (Å²) in [6.07, 6.45) is -2.56. The van der Waals surface area contributed by atoms with E-state index in [-0.39, 0.29) is 12.3 Å². The third-order valence-electron chi connectivity index (χ3n) is 3.41. The Morgan fingerprint density at radius 2 is 1.76 bits per heavy atom. The van der Waals surface area contributed by atoms with Gasteiger partial charge in [-0.15, -0.1) is 0 Å². The number of non-ortho nitro benzene ring substituents is 1. The lowest BCUT2D eigenvalue weighted by Crippen LogP contribution is -2.54. The Bertz CT molecular complexity index is 758. The summed E-state index contributed by atoms with van der Waals surface area (Å²) in [7, 11) is 2.15. The molecule has 1 aromatic carbocycles. The number of benzene rings is 1. The molecular weight excluding hydrogens is 388 g/mol. The number of carbonyl (C=O) groups is 3. The van der Waals surface area contributed by atoms with Crippen molar-refractivity contribution in [2.24, 2.45) is 0 Å². The second-order valence-electron chi connectivity index (χ2n) is 6.83.